The zero-order valence-corrected chi connectivity index (χ0v) is 13.7. The fraction of sp³-hybridized carbons (Fsp3) is 0.0952. The van der Waals surface area contributed by atoms with Gasteiger partial charge in [-0.3, -0.25) is 4.79 Å². The third kappa shape index (κ3) is 3.69. The summed E-state index contributed by atoms with van der Waals surface area (Å²) in [5, 5.41) is 0. The second-order valence-electron chi connectivity index (χ2n) is 5.47. The minimum absolute atomic E-state index is 0.305. The molecule has 0 aliphatic heterocycles. The van der Waals surface area contributed by atoms with Crippen molar-refractivity contribution < 1.29 is 18.7 Å². The number of hydrogen-bond donors (Lipinski definition) is 0. The Balaban J connectivity index is 2.08. The molecule has 0 bridgehead atoms. The summed E-state index contributed by atoms with van der Waals surface area (Å²) < 4.78 is 25.6. The molecule has 126 valence electrons. The van der Waals surface area contributed by atoms with Crippen LogP contribution in [0.15, 0.2) is 66.7 Å². The Morgan fingerprint density at radius 3 is 2.36 bits per heavy atom. The van der Waals surface area contributed by atoms with Gasteiger partial charge in [-0.1, -0.05) is 48.5 Å². The lowest BCUT2D eigenvalue weighted by atomic mass is 10.0. The molecule has 0 aliphatic rings. The van der Waals surface area contributed by atoms with Crippen LogP contribution in [0.25, 0.3) is 11.1 Å². The summed E-state index contributed by atoms with van der Waals surface area (Å²) in [6.07, 6.45) is 0.702. The van der Waals surface area contributed by atoms with Crippen molar-refractivity contribution in [3.8, 4) is 22.6 Å². The topological polar surface area (TPSA) is 35.5 Å². The van der Waals surface area contributed by atoms with E-state index in [4.69, 9.17) is 9.47 Å². The van der Waals surface area contributed by atoms with Gasteiger partial charge in [0.15, 0.2) is 11.5 Å². The van der Waals surface area contributed by atoms with Gasteiger partial charge in [0.2, 0.25) is 0 Å². The number of ether oxygens (including phenoxy) is 2. The molecule has 0 atom stereocenters. The van der Waals surface area contributed by atoms with Crippen LogP contribution in [0.3, 0.4) is 0 Å². The zero-order chi connectivity index (χ0) is 17.6. The molecule has 3 aromatic rings. The molecular formula is C21H17FO3. The highest BCUT2D eigenvalue weighted by atomic mass is 19.1. The highest BCUT2D eigenvalue weighted by Gasteiger charge is 2.17. The molecule has 0 saturated carbocycles. The molecule has 0 aromatic heterocycles. The molecule has 4 heteroatoms. The van der Waals surface area contributed by atoms with Gasteiger partial charge in [-0.25, -0.2) is 4.39 Å². The molecule has 3 rings (SSSR count). The zero-order valence-electron chi connectivity index (χ0n) is 13.7. The predicted octanol–water partition coefficient (Wildman–Crippen LogP) is 4.89. The van der Waals surface area contributed by atoms with Crippen LogP contribution in [0.1, 0.15) is 15.9 Å². The fourth-order valence-electron chi connectivity index (χ4n) is 2.60. The molecule has 0 fully saturated rings. The minimum Gasteiger partial charge on any atom is -0.493 e. The van der Waals surface area contributed by atoms with Crippen LogP contribution in [0.5, 0.6) is 11.5 Å². The minimum atomic E-state index is -0.392. The van der Waals surface area contributed by atoms with Gasteiger partial charge in [0.05, 0.1) is 7.11 Å². The Morgan fingerprint density at radius 2 is 1.68 bits per heavy atom. The van der Waals surface area contributed by atoms with Gasteiger partial charge in [0.25, 0.3) is 0 Å². The maximum Gasteiger partial charge on any atom is 0.169 e. The largest absolute Gasteiger partial charge is 0.493 e. The summed E-state index contributed by atoms with van der Waals surface area (Å²) in [5.41, 5.74) is 2.20. The van der Waals surface area contributed by atoms with Crippen molar-refractivity contribution in [3.05, 3.63) is 83.7 Å². The van der Waals surface area contributed by atoms with Crippen molar-refractivity contribution in [2.24, 2.45) is 0 Å². The summed E-state index contributed by atoms with van der Waals surface area (Å²) in [5.74, 6) is 0.401. The maximum absolute atomic E-state index is 14.3. The summed E-state index contributed by atoms with van der Waals surface area (Å²) in [6.45, 7) is 0.305. The third-order valence-electron chi connectivity index (χ3n) is 3.82. The first kappa shape index (κ1) is 16.7. The third-order valence-corrected chi connectivity index (χ3v) is 3.82. The van der Waals surface area contributed by atoms with E-state index in [9.17, 15) is 9.18 Å². The number of carbonyl (C=O) groups excluding carboxylic acids is 1. The number of halogens is 1. The van der Waals surface area contributed by atoms with E-state index >= 15 is 0 Å². The van der Waals surface area contributed by atoms with Gasteiger partial charge in [-0.15, -0.1) is 0 Å². The Hall–Kier alpha value is -3.14. The molecule has 0 unspecified atom stereocenters. The summed E-state index contributed by atoms with van der Waals surface area (Å²) >= 11 is 0. The summed E-state index contributed by atoms with van der Waals surface area (Å²) in [7, 11) is 1.49. The van der Waals surface area contributed by atoms with Crippen LogP contribution in [0.2, 0.25) is 0 Å². The van der Waals surface area contributed by atoms with E-state index in [1.165, 1.54) is 13.2 Å². The molecule has 0 heterocycles. The van der Waals surface area contributed by atoms with Gasteiger partial charge < -0.3 is 9.47 Å². The lowest BCUT2D eigenvalue weighted by Crippen LogP contribution is -2.01. The number of hydrogen-bond acceptors (Lipinski definition) is 3. The van der Waals surface area contributed by atoms with E-state index in [1.807, 2.05) is 30.3 Å². The highest BCUT2D eigenvalue weighted by molar-refractivity contribution is 5.84. The predicted molar refractivity (Wildman–Crippen MR) is 94.5 cm³/mol. The first-order valence-corrected chi connectivity index (χ1v) is 7.81. The molecule has 0 saturated heterocycles. The number of aldehydes is 1. The molecule has 3 aromatic carbocycles. The normalized spacial score (nSPS) is 10.3. The Bertz CT molecular complexity index is 876. The molecule has 0 aliphatic carbocycles. The van der Waals surface area contributed by atoms with Gasteiger partial charge in [0, 0.05) is 16.7 Å². The fourth-order valence-corrected chi connectivity index (χ4v) is 2.60. The van der Waals surface area contributed by atoms with Crippen LogP contribution in [-0.2, 0) is 6.61 Å². The summed E-state index contributed by atoms with van der Waals surface area (Å²) in [6, 6.07) is 19.2. The Labute approximate surface area is 145 Å². The van der Waals surface area contributed by atoms with Gasteiger partial charge in [0.1, 0.15) is 18.7 Å². The smallest absolute Gasteiger partial charge is 0.169 e. The number of carbonyl (C=O) groups is 1. The monoisotopic (exact) mass is 336 g/mol. The van der Waals surface area contributed by atoms with Crippen molar-refractivity contribution in [2.75, 3.05) is 7.11 Å². The van der Waals surface area contributed by atoms with Gasteiger partial charge in [-0.2, -0.15) is 0 Å². The number of benzene rings is 3. The van der Waals surface area contributed by atoms with Gasteiger partial charge >= 0.3 is 0 Å². The van der Waals surface area contributed by atoms with Crippen LogP contribution >= 0.6 is 0 Å². The Morgan fingerprint density at radius 1 is 0.960 bits per heavy atom. The molecule has 0 radical (unpaired) electrons. The standard InChI is InChI=1S/C21H17FO3/c1-24-20-12-16(13-23)11-18(17-9-5-6-10-19(17)22)21(20)25-14-15-7-3-2-4-8-15/h2-13H,14H2,1H3. The second kappa shape index (κ2) is 7.62. The SMILES string of the molecule is COc1cc(C=O)cc(-c2ccccc2F)c1OCc1ccccc1. The van der Waals surface area contributed by atoms with E-state index in [1.54, 1.807) is 30.3 Å². The maximum atomic E-state index is 14.3. The quantitative estimate of drug-likeness (QED) is 0.601. The van der Waals surface area contributed by atoms with E-state index in [2.05, 4.69) is 0 Å². The molecule has 0 amide bonds. The lowest BCUT2D eigenvalue weighted by molar-refractivity contribution is 0.112. The van der Waals surface area contributed by atoms with E-state index < -0.39 is 5.82 Å². The van der Waals surface area contributed by atoms with Crippen LogP contribution < -0.4 is 9.47 Å². The molecular weight excluding hydrogens is 319 g/mol. The number of rotatable bonds is 6. The average molecular weight is 336 g/mol. The van der Waals surface area contributed by atoms with Crippen molar-refractivity contribution in [1.82, 2.24) is 0 Å². The number of methoxy groups -OCH3 is 1. The Kier molecular flexibility index (Phi) is 5.09. The molecule has 0 spiro atoms. The van der Waals surface area contributed by atoms with E-state index in [-0.39, 0.29) is 0 Å². The van der Waals surface area contributed by atoms with Crippen LogP contribution in [-0.4, -0.2) is 13.4 Å². The van der Waals surface area contributed by atoms with Crippen molar-refractivity contribution in [3.63, 3.8) is 0 Å². The summed E-state index contributed by atoms with van der Waals surface area (Å²) in [4.78, 5) is 11.2. The van der Waals surface area contributed by atoms with Crippen molar-refractivity contribution >= 4 is 6.29 Å². The van der Waals surface area contributed by atoms with E-state index in [0.717, 1.165) is 5.56 Å². The van der Waals surface area contributed by atoms with Crippen LogP contribution in [0.4, 0.5) is 4.39 Å². The van der Waals surface area contributed by atoms with Crippen LogP contribution in [0, 0.1) is 5.82 Å². The van der Waals surface area contributed by atoms with Gasteiger partial charge in [-0.05, 0) is 23.8 Å². The highest BCUT2D eigenvalue weighted by Crippen LogP contribution is 2.40. The second-order valence-corrected chi connectivity index (χ2v) is 5.47. The first-order valence-electron chi connectivity index (χ1n) is 7.81. The van der Waals surface area contributed by atoms with E-state index in [0.29, 0.717) is 41.1 Å². The van der Waals surface area contributed by atoms with Crippen molar-refractivity contribution in [1.29, 1.82) is 0 Å². The molecule has 0 N–H and O–H groups in total. The molecule has 3 nitrogen and oxygen atoms in total. The lowest BCUT2D eigenvalue weighted by Gasteiger charge is -2.16. The molecule has 25 heavy (non-hydrogen) atoms. The average Bonchev–Trinajstić information content (AvgIpc) is 2.67. The first-order chi connectivity index (χ1) is 12.2. The van der Waals surface area contributed by atoms with Crippen molar-refractivity contribution in [2.45, 2.75) is 6.61 Å².